The molecule has 0 amide bonds. The summed E-state index contributed by atoms with van der Waals surface area (Å²) in [6, 6.07) is 13.8. The van der Waals surface area contributed by atoms with E-state index in [-0.39, 0.29) is 6.61 Å². The van der Waals surface area contributed by atoms with E-state index in [9.17, 15) is 5.11 Å². The maximum atomic E-state index is 9.40. The van der Waals surface area contributed by atoms with Gasteiger partial charge in [0.2, 0.25) is 0 Å². The van der Waals surface area contributed by atoms with Crippen LogP contribution in [0.4, 0.5) is 5.69 Å². The first-order valence-corrected chi connectivity index (χ1v) is 7.12. The highest BCUT2D eigenvalue weighted by atomic mass is 79.9. The molecule has 0 aromatic heterocycles. The summed E-state index contributed by atoms with van der Waals surface area (Å²) in [5, 5.41) is 10.0. The first kappa shape index (κ1) is 14.4. The van der Waals surface area contributed by atoms with Gasteiger partial charge in [0.15, 0.2) is 0 Å². The number of nitrogens with zero attached hydrogens (tertiary/aromatic N) is 1. The number of halogens is 2. The molecule has 0 unspecified atom stereocenters. The van der Waals surface area contributed by atoms with E-state index in [4.69, 9.17) is 11.6 Å². The zero-order valence-electron chi connectivity index (χ0n) is 10.6. The maximum Gasteiger partial charge on any atom is 0.0702 e. The van der Waals surface area contributed by atoms with E-state index in [1.165, 1.54) is 5.56 Å². The van der Waals surface area contributed by atoms with E-state index in [0.29, 0.717) is 5.02 Å². The number of hydrogen-bond acceptors (Lipinski definition) is 2. The fourth-order valence-electron chi connectivity index (χ4n) is 2.00. The summed E-state index contributed by atoms with van der Waals surface area (Å²) in [4.78, 5) is 2.10. The van der Waals surface area contributed by atoms with E-state index < -0.39 is 0 Å². The van der Waals surface area contributed by atoms with Gasteiger partial charge in [-0.15, -0.1) is 0 Å². The number of anilines is 1. The van der Waals surface area contributed by atoms with Crippen LogP contribution < -0.4 is 4.90 Å². The Labute approximate surface area is 126 Å². The fourth-order valence-corrected chi connectivity index (χ4v) is 2.46. The van der Waals surface area contributed by atoms with E-state index in [0.717, 1.165) is 22.3 Å². The zero-order valence-corrected chi connectivity index (χ0v) is 12.9. The molecule has 100 valence electrons. The molecule has 0 aliphatic rings. The minimum absolute atomic E-state index is 0.0133. The van der Waals surface area contributed by atoms with Crippen LogP contribution in [0.5, 0.6) is 0 Å². The largest absolute Gasteiger partial charge is 0.392 e. The molecular formula is C15H15BrClNO. The van der Waals surface area contributed by atoms with Gasteiger partial charge in [-0.05, 0) is 35.9 Å². The van der Waals surface area contributed by atoms with Crippen LogP contribution in [0, 0.1) is 0 Å². The third kappa shape index (κ3) is 3.72. The molecule has 0 radical (unpaired) electrons. The van der Waals surface area contributed by atoms with Gasteiger partial charge >= 0.3 is 0 Å². The van der Waals surface area contributed by atoms with Gasteiger partial charge in [0.25, 0.3) is 0 Å². The standard InChI is InChI=1S/C15H15BrClNO/c1-18(9-11-2-4-13(16)5-3-11)15-7-6-14(17)8-12(15)10-19/h2-8,19H,9-10H2,1H3. The van der Waals surface area contributed by atoms with Crippen molar-refractivity contribution in [2.75, 3.05) is 11.9 Å². The van der Waals surface area contributed by atoms with Crippen LogP contribution in [0.2, 0.25) is 5.02 Å². The summed E-state index contributed by atoms with van der Waals surface area (Å²) >= 11 is 9.37. The number of aliphatic hydroxyl groups excluding tert-OH is 1. The van der Waals surface area contributed by atoms with Gasteiger partial charge in [0.1, 0.15) is 0 Å². The second-order valence-electron chi connectivity index (χ2n) is 4.41. The quantitative estimate of drug-likeness (QED) is 0.900. The Balaban J connectivity index is 2.19. The van der Waals surface area contributed by atoms with Crippen molar-refractivity contribution in [2.45, 2.75) is 13.2 Å². The molecule has 0 atom stereocenters. The summed E-state index contributed by atoms with van der Waals surface area (Å²) in [6.07, 6.45) is 0. The van der Waals surface area contributed by atoms with Gasteiger partial charge in [-0.25, -0.2) is 0 Å². The minimum atomic E-state index is -0.0133. The van der Waals surface area contributed by atoms with Crippen molar-refractivity contribution in [1.82, 2.24) is 0 Å². The molecule has 2 nitrogen and oxygen atoms in total. The van der Waals surface area contributed by atoms with Crippen LogP contribution in [-0.2, 0) is 13.2 Å². The van der Waals surface area contributed by atoms with E-state index in [1.54, 1.807) is 6.07 Å². The number of rotatable bonds is 4. The number of benzene rings is 2. The number of aliphatic hydroxyl groups is 1. The summed E-state index contributed by atoms with van der Waals surface area (Å²) in [5.74, 6) is 0. The molecule has 0 bridgehead atoms. The van der Waals surface area contributed by atoms with Crippen molar-refractivity contribution in [3.8, 4) is 0 Å². The first-order valence-electron chi connectivity index (χ1n) is 5.95. The Hall–Kier alpha value is -1.03. The minimum Gasteiger partial charge on any atom is -0.392 e. The van der Waals surface area contributed by atoms with E-state index in [2.05, 4.69) is 33.0 Å². The van der Waals surface area contributed by atoms with Gasteiger partial charge in [0.05, 0.1) is 6.61 Å². The Morgan fingerprint density at radius 1 is 1.16 bits per heavy atom. The normalized spacial score (nSPS) is 10.5. The van der Waals surface area contributed by atoms with Gasteiger partial charge in [-0.2, -0.15) is 0 Å². The molecule has 4 heteroatoms. The molecule has 0 fully saturated rings. The average molecular weight is 341 g/mol. The Bertz CT molecular complexity index is 557. The third-order valence-corrected chi connectivity index (χ3v) is 3.72. The second kappa shape index (κ2) is 6.42. The van der Waals surface area contributed by atoms with Gasteiger partial charge in [-0.1, -0.05) is 39.7 Å². The predicted molar refractivity (Wildman–Crippen MR) is 83.6 cm³/mol. The highest BCUT2D eigenvalue weighted by Gasteiger charge is 2.08. The highest BCUT2D eigenvalue weighted by Crippen LogP contribution is 2.25. The van der Waals surface area contributed by atoms with Crippen LogP contribution in [0.3, 0.4) is 0 Å². The highest BCUT2D eigenvalue weighted by molar-refractivity contribution is 9.10. The molecule has 0 spiro atoms. The molecule has 19 heavy (non-hydrogen) atoms. The van der Waals surface area contributed by atoms with Crippen molar-refractivity contribution in [2.24, 2.45) is 0 Å². The molecule has 1 N–H and O–H groups in total. The lowest BCUT2D eigenvalue weighted by Crippen LogP contribution is -2.18. The molecule has 0 heterocycles. The molecule has 0 aliphatic heterocycles. The van der Waals surface area contributed by atoms with Crippen LogP contribution in [0.15, 0.2) is 46.9 Å². The van der Waals surface area contributed by atoms with E-state index in [1.807, 2.05) is 31.3 Å². The molecular weight excluding hydrogens is 326 g/mol. The van der Waals surface area contributed by atoms with Gasteiger partial charge in [0, 0.05) is 34.3 Å². The summed E-state index contributed by atoms with van der Waals surface area (Å²) in [5.41, 5.74) is 3.05. The predicted octanol–water partition coefficient (Wildman–Crippen LogP) is 4.23. The molecule has 2 rings (SSSR count). The molecule has 0 saturated carbocycles. The second-order valence-corrected chi connectivity index (χ2v) is 5.77. The lowest BCUT2D eigenvalue weighted by molar-refractivity contribution is 0.282. The van der Waals surface area contributed by atoms with Crippen LogP contribution in [0.1, 0.15) is 11.1 Å². The van der Waals surface area contributed by atoms with E-state index >= 15 is 0 Å². The Morgan fingerprint density at radius 3 is 2.47 bits per heavy atom. The topological polar surface area (TPSA) is 23.5 Å². The third-order valence-electron chi connectivity index (χ3n) is 2.96. The SMILES string of the molecule is CN(Cc1ccc(Br)cc1)c1ccc(Cl)cc1CO. The average Bonchev–Trinajstić information content (AvgIpc) is 2.41. The smallest absolute Gasteiger partial charge is 0.0702 e. The first-order chi connectivity index (χ1) is 9.10. The lowest BCUT2D eigenvalue weighted by atomic mass is 10.1. The summed E-state index contributed by atoms with van der Waals surface area (Å²) in [6.45, 7) is 0.766. The summed E-state index contributed by atoms with van der Waals surface area (Å²) in [7, 11) is 2.00. The number of hydrogen-bond donors (Lipinski definition) is 1. The maximum absolute atomic E-state index is 9.40. The lowest BCUT2D eigenvalue weighted by Gasteiger charge is -2.22. The molecule has 0 aliphatic carbocycles. The van der Waals surface area contributed by atoms with Crippen molar-refractivity contribution in [1.29, 1.82) is 0 Å². The Morgan fingerprint density at radius 2 is 1.84 bits per heavy atom. The monoisotopic (exact) mass is 339 g/mol. The van der Waals surface area contributed by atoms with Crippen molar-refractivity contribution < 1.29 is 5.11 Å². The van der Waals surface area contributed by atoms with Crippen LogP contribution >= 0.6 is 27.5 Å². The van der Waals surface area contributed by atoms with Crippen LogP contribution in [-0.4, -0.2) is 12.2 Å². The molecule has 2 aromatic carbocycles. The fraction of sp³-hybridized carbons (Fsp3) is 0.200. The van der Waals surface area contributed by atoms with Gasteiger partial charge in [-0.3, -0.25) is 0 Å². The van der Waals surface area contributed by atoms with Crippen LogP contribution in [0.25, 0.3) is 0 Å². The summed E-state index contributed by atoms with van der Waals surface area (Å²) < 4.78 is 1.07. The van der Waals surface area contributed by atoms with Crippen molar-refractivity contribution in [3.63, 3.8) is 0 Å². The Kier molecular flexibility index (Phi) is 4.86. The van der Waals surface area contributed by atoms with Crippen molar-refractivity contribution in [3.05, 3.63) is 63.1 Å². The molecule has 2 aromatic rings. The molecule has 0 saturated heterocycles. The van der Waals surface area contributed by atoms with Crippen molar-refractivity contribution >= 4 is 33.2 Å². The van der Waals surface area contributed by atoms with Gasteiger partial charge < -0.3 is 10.0 Å². The zero-order chi connectivity index (χ0) is 13.8.